The van der Waals surface area contributed by atoms with Gasteiger partial charge in [0.1, 0.15) is 6.29 Å². The minimum absolute atomic E-state index is 0.0214. The Hall–Kier alpha value is -0.580. The minimum Gasteiger partial charge on any atom is -0.368 e. The number of hydrogen-bond acceptors (Lipinski definition) is 2. The average molecular weight is 168 g/mol. The van der Waals surface area contributed by atoms with E-state index >= 15 is 0 Å². The monoisotopic (exact) mass is 168 g/mol. The highest BCUT2D eigenvalue weighted by molar-refractivity contribution is 5.55. The van der Waals surface area contributed by atoms with Gasteiger partial charge in [-0.25, -0.2) is 0 Å². The number of carbonyl (C=O) groups excluding carboxylic acids is 1. The van der Waals surface area contributed by atoms with Gasteiger partial charge in [0.15, 0.2) is 6.10 Å². The fourth-order valence-corrected chi connectivity index (χ4v) is 1.08. The molecule has 0 spiro atoms. The SMILES string of the molecule is O=C[C@@H]1CCO[C@@H]1C(F)(F)F. The van der Waals surface area contributed by atoms with E-state index in [9.17, 15) is 18.0 Å². The lowest BCUT2D eigenvalue weighted by molar-refractivity contribution is -0.214. The Morgan fingerprint density at radius 2 is 2.09 bits per heavy atom. The van der Waals surface area contributed by atoms with E-state index in [2.05, 4.69) is 4.74 Å². The standard InChI is InChI=1S/C6H7F3O2/c7-6(8,9)5-4(3-10)1-2-11-5/h3-5H,1-2H2/t4-,5-/m0/s1. The molecular formula is C6H7F3O2. The number of hydrogen-bond donors (Lipinski definition) is 0. The lowest BCUT2D eigenvalue weighted by atomic mass is 10.0. The second kappa shape index (κ2) is 2.81. The van der Waals surface area contributed by atoms with E-state index in [1.54, 1.807) is 0 Å². The molecule has 0 aromatic heterocycles. The smallest absolute Gasteiger partial charge is 0.368 e. The van der Waals surface area contributed by atoms with Gasteiger partial charge in [-0.3, -0.25) is 0 Å². The van der Waals surface area contributed by atoms with Crippen molar-refractivity contribution in [1.82, 2.24) is 0 Å². The van der Waals surface area contributed by atoms with Gasteiger partial charge < -0.3 is 9.53 Å². The van der Waals surface area contributed by atoms with E-state index in [0.29, 0.717) is 6.29 Å². The van der Waals surface area contributed by atoms with E-state index in [4.69, 9.17) is 0 Å². The van der Waals surface area contributed by atoms with Crippen LogP contribution >= 0.6 is 0 Å². The summed E-state index contributed by atoms with van der Waals surface area (Å²) in [6.07, 6.45) is -5.79. The van der Waals surface area contributed by atoms with Crippen LogP contribution in [0, 0.1) is 5.92 Å². The number of aldehydes is 1. The highest BCUT2D eigenvalue weighted by atomic mass is 19.4. The van der Waals surface area contributed by atoms with Crippen LogP contribution in [0.25, 0.3) is 0 Å². The van der Waals surface area contributed by atoms with Gasteiger partial charge in [0, 0.05) is 6.61 Å². The molecule has 1 heterocycles. The molecule has 2 atom stereocenters. The molecule has 0 aromatic rings. The molecule has 1 saturated heterocycles. The first-order chi connectivity index (χ1) is 5.05. The molecule has 1 aliphatic rings. The zero-order valence-corrected chi connectivity index (χ0v) is 5.60. The van der Waals surface area contributed by atoms with Crippen LogP contribution in [0.5, 0.6) is 0 Å². The van der Waals surface area contributed by atoms with Gasteiger partial charge in [0.2, 0.25) is 0 Å². The zero-order chi connectivity index (χ0) is 8.48. The summed E-state index contributed by atoms with van der Waals surface area (Å²) >= 11 is 0. The zero-order valence-electron chi connectivity index (χ0n) is 5.60. The summed E-state index contributed by atoms with van der Waals surface area (Å²) in [5.41, 5.74) is 0. The van der Waals surface area contributed by atoms with Crippen LogP contribution in [-0.4, -0.2) is 25.2 Å². The predicted molar refractivity (Wildman–Crippen MR) is 30.0 cm³/mol. The lowest BCUT2D eigenvalue weighted by Crippen LogP contribution is -2.34. The van der Waals surface area contributed by atoms with E-state index in [-0.39, 0.29) is 13.0 Å². The van der Waals surface area contributed by atoms with Crippen LogP contribution in [0.3, 0.4) is 0 Å². The van der Waals surface area contributed by atoms with Gasteiger partial charge in [-0.2, -0.15) is 13.2 Å². The molecule has 2 nitrogen and oxygen atoms in total. The molecule has 64 valence electrons. The van der Waals surface area contributed by atoms with Crippen molar-refractivity contribution in [2.45, 2.75) is 18.7 Å². The van der Waals surface area contributed by atoms with Crippen LogP contribution in [0.4, 0.5) is 13.2 Å². The van der Waals surface area contributed by atoms with Crippen molar-refractivity contribution >= 4 is 6.29 Å². The van der Waals surface area contributed by atoms with Crippen LogP contribution in [0.15, 0.2) is 0 Å². The summed E-state index contributed by atoms with van der Waals surface area (Å²) in [4.78, 5) is 10.1. The average Bonchev–Trinajstić information content (AvgIpc) is 2.31. The molecule has 1 aliphatic heterocycles. The van der Waals surface area contributed by atoms with Crippen LogP contribution in [0.2, 0.25) is 0 Å². The quantitative estimate of drug-likeness (QED) is 0.549. The van der Waals surface area contributed by atoms with E-state index in [0.717, 1.165) is 0 Å². The molecule has 0 saturated carbocycles. The third-order valence-electron chi connectivity index (χ3n) is 1.63. The van der Waals surface area contributed by atoms with Crippen molar-refractivity contribution in [3.63, 3.8) is 0 Å². The molecule has 1 rings (SSSR count). The molecule has 0 bridgehead atoms. The highest BCUT2D eigenvalue weighted by Gasteiger charge is 2.48. The number of rotatable bonds is 1. The maximum absolute atomic E-state index is 11.9. The van der Waals surface area contributed by atoms with E-state index < -0.39 is 18.2 Å². The maximum Gasteiger partial charge on any atom is 0.415 e. The third-order valence-corrected chi connectivity index (χ3v) is 1.63. The van der Waals surface area contributed by atoms with Crippen molar-refractivity contribution in [3.8, 4) is 0 Å². The third kappa shape index (κ3) is 1.71. The molecule has 0 aliphatic carbocycles. The van der Waals surface area contributed by atoms with Crippen LogP contribution < -0.4 is 0 Å². The van der Waals surface area contributed by atoms with E-state index in [1.807, 2.05) is 0 Å². The first kappa shape index (κ1) is 8.52. The Morgan fingerprint density at radius 1 is 1.45 bits per heavy atom. The molecule has 0 aromatic carbocycles. The second-order valence-corrected chi connectivity index (χ2v) is 2.42. The summed E-state index contributed by atoms with van der Waals surface area (Å²) in [5, 5.41) is 0. The van der Waals surface area contributed by atoms with Gasteiger partial charge in [-0.15, -0.1) is 0 Å². The van der Waals surface area contributed by atoms with E-state index in [1.165, 1.54) is 0 Å². The Morgan fingerprint density at radius 3 is 2.45 bits per heavy atom. The summed E-state index contributed by atoms with van der Waals surface area (Å²) in [6.45, 7) is 0.0214. The van der Waals surface area contributed by atoms with Crippen LogP contribution in [-0.2, 0) is 9.53 Å². The Kier molecular flexibility index (Phi) is 2.17. The summed E-state index contributed by atoms with van der Waals surface area (Å²) in [5.74, 6) is -1.00. The van der Waals surface area contributed by atoms with Crippen molar-refractivity contribution in [2.24, 2.45) is 5.92 Å². The first-order valence-electron chi connectivity index (χ1n) is 3.19. The highest BCUT2D eigenvalue weighted by Crippen LogP contribution is 2.33. The summed E-state index contributed by atoms with van der Waals surface area (Å²) in [6, 6.07) is 0. The molecule has 1 fully saturated rings. The van der Waals surface area contributed by atoms with Crippen molar-refractivity contribution in [3.05, 3.63) is 0 Å². The molecule has 5 heteroatoms. The summed E-state index contributed by atoms with van der Waals surface area (Å²) in [7, 11) is 0. The molecule has 0 amide bonds. The number of ether oxygens (including phenoxy) is 1. The Balaban J connectivity index is 2.63. The molecule has 0 N–H and O–H groups in total. The van der Waals surface area contributed by atoms with Gasteiger partial charge >= 0.3 is 6.18 Å². The number of carbonyl (C=O) groups is 1. The number of alkyl halides is 3. The fraction of sp³-hybridized carbons (Fsp3) is 0.833. The first-order valence-corrected chi connectivity index (χ1v) is 3.19. The molecular weight excluding hydrogens is 161 g/mol. The largest absolute Gasteiger partial charge is 0.415 e. The van der Waals surface area contributed by atoms with Crippen molar-refractivity contribution in [1.29, 1.82) is 0 Å². The topological polar surface area (TPSA) is 26.3 Å². The van der Waals surface area contributed by atoms with Gasteiger partial charge in [-0.1, -0.05) is 0 Å². The van der Waals surface area contributed by atoms with Gasteiger partial charge in [0.25, 0.3) is 0 Å². The molecule has 11 heavy (non-hydrogen) atoms. The normalized spacial score (nSPS) is 32.3. The predicted octanol–water partition coefficient (Wildman–Crippen LogP) is 1.15. The van der Waals surface area contributed by atoms with Gasteiger partial charge in [0.05, 0.1) is 5.92 Å². The fourth-order valence-electron chi connectivity index (χ4n) is 1.08. The summed E-state index contributed by atoms with van der Waals surface area (Å²) < 4.78 is 40.1. The maximum atomic E-state index is 11.9. The van der Waals surface area contributed by atoms with Gasteiger partial charge in [-0.05, 0) is 6.42 Å². The Bertz CT molecular complexity index is 154. The van der Waals surface area contributed by atoms with Crippen LogP contribution in [0.1, 0.15) is 6.42 Å². The molecule has 0 radical (unpaired) electrons. The lowest BCUT2D eigenvalue weighted by Gasteiger charge is -2.16. The number of halogens is 3. The minimum atomic E-state index is -4.40. The Labute approximate surface area is 61.3 Å². The van der Waals surface area contributed by atoms with Crippen molar-refractivity contribution in [2.75, 3.05) is 6.61 Å². The molecule has 0 unspecified atom stereocenters. The second-order valence-electron chi connectivity index (χ2n) is 2.42. The van der Waals surface area contributed by atoms with Crippen molar-refractivity contribution < 1.29 is 22.7 Å².